The van der Waals surface area contributed by atoms with Crippen LogP contribution in [-0.4, -0.2) is 60.6 Å². The van der Waals surface area contributed by atoms with E-state index < -0.39 is 55.1 Å². The molecule has 0 aromatic heterocycles. The van der Waals surface area contributed by atoms with Crippen LogP contribution in [0.3, 0.4) is 0 Å². The summed E-state index contributed by atoms with van der Waals surface area (Å²) in [4.78, 5) is 5.97. The Hall–Kier alpha value is -4.00. The molecule has 3 saturated carbocycles. The first-order valence-electron chi connectivity index (χ1n) is 28.3. The van der Waals surface area contributed by atoms with Crippen molar-refractivity contribution in [3.8, 4) is 0 Å². The summed E-state index contributed by atoms with van der Waals surface area (Å²) in [5.41, 5.74) is -1.41. The highest BCUT2D eigenvalue weighted by Gasteiger charge is 2.55. The zero-order valence-electron chi connectivity index (χ0n) is 47.3. The largest absolute Gasteiger partial charge is 0.481 e. The molecule has 23 heteroatoms. The highest BCUT2D eigenvalue weighted by molar-refractivity contribution is 9.11. The monoisotopic (exact) mass is 1400 g/mol. The number of hydrogen-bond acceptors (Lipinski definition) is 13. The van der Waals surface area contributed by atoms with Crippen molar-refractivity contribution in [3.05, 3.63) is 159 Å². The first-order chi connectivity index (χ1) is 39.5. The molecule has 0 atom stereocenters. The Morgan fingerprint density at radius 1 is 0.398 bits per heavy atom. The normalized spacial score (nSPS) is 15.5. The molecular formula is C60H72Br3N6O10PS3. The topological polar surface area (TPSA) is 193 Å². The van der Waals surface area contributed by atoms with Gasteiger partial charge in [-0.25, -0.2) is 44.0 Å². The van der Waals surface area contributed by atoms with Crippen molar-refractivity contribution >= 4 is 120 Å². The Labute approximate surface area is 515 Å². The molecule has 83 heavy (non-hydrogen) atoms. The molecule has 6 aromatic rings. The predicted octanol–water partition coefficient (Wildman–Crippen LogP) is 15.8. The Morgan fingerprint density at radius 2 is 0.627 bits per heavy atom. The second kappa shape index (κ2) is 25.8. The minimum absolute atomic E-state index is 0.0837. The molecule has 0 radical (unpaired) electrons. The van der Waals surface area contributed by atoms with Crippen LogP contribution in [0.5, 0.6) is 0 Å². The average molecular weight is 1400 g/mol. The summed E-state index contributed by atoms with van der Waals surface area (Å²) in [5.74, 6) is 0. The molecule has 0 spiro atoms. The lowest BCUT2D eigenvalue weighted by Gasteiger charge is -2.51. The second-order valence-corrected chi connectivity index (χ2v) is 30.6. The summed E-state index contributed by atoms with van der Waals surface area (Å²) in [5, 5.41) is 0. The van der Waals surface area contributed by atoms with Crippen LogP contribution in [0.1, 0.15) is 119 Å². The number of rotatable bonds is 30. The fourth-order valence-electron chi connectivity index (χ4n) is 10.4. The van der Waals surface area contributed by atoms with Gasteiger partial charge in [0, 0.05) is 65.7 Å². The van der Waals surface area contributed by atoms with E-state index in [-0.39, 0.29) is 71.3 Å². The van der Waals surface area contributed by atoms with Gasteiger partial charge < -0.3 is 14.7 Å². The van der Waals surface area contributed by atoms with Gasteiger partial charge in [-0.15, -0.1) is 0 Å². The zero-order valence-corrected chi connectivity index (χ0v) is 55.4. The number of phosphoric acid groups is 1. The molecule has 0 unspecified atom stereocenters. The zero-order chi connectivity index (χ0) is 59.6. The number of phosphoric ester groups is 1. The van der Waals surface area contributed by atoms with Gasteiger partial charge in [-0.1, -0.05) is 108 Å². The molecule has 0 bridgehead atoms. The van der Waals surface area contributed by atoms with Gasteiger partial charge >= 0.3 is 7.82 Å². The molecule has 446 valence electrons. The molecule has 9 rings (SSSR count). The molecule has 3 N–H and O–H groups in total. The van der Waals surface area contributed by atoms with Crippen molar-refractivity contribution in [3.63, 3.8) is 0 Å². The Bertz CT molecular complexity index is 3260. The maximum absolute atomic E-state index is 17.8. The van der Waals surface area contributed by atoms with Gasteiger partial charge in [0.05, 0.1) is 14.7 Å². The Morgan fingerprint density at radius 3 is 0.819 bits per heavy atom. The maximum Gasteiger partial charge on any atom is 0.481 e. The van der Waals surface area contributed by atoms with E-state index in [1.54, 1.807) is 72.8 Å². The van der Waals surface area contributed by atoms with Crippen molar-refractivity contribution in [2.24, 2.45) is 0 Å². The summed E-state index contributed by atoms with van der Waals surface area (Å²) in [6.07, 6.45) is 5.65. The first-order valence-corrected chi connectivity index (χ1v) is 36.5. The number of halogens is 3. The fourth-order valence-corrected chi connectivity index (χ4v) is 17.8. The van der Waals surface area contributed by atoms with Gasteiger partial charge in [-0.05, 0) is 204 Å². The third-order valence-electron chi connectivity index (χ3n) is 15.5. The summed E-state index contributed by atoms with van der Waals surface area (Å²) >= 11 is 11.1. The minimum atomic E-state index is -5.22. The molecule has 0 aliphatic heterocycles. The molecule has 0 saturated heterocycles. The number of anilines is 6. The first kappa shape index (κ1) is 63.5. The van der Waals surface area contributed by atoms with Crippen LogP contribution in [0.4, 0.5) is 34.1 Å². The van der Waals surface area contributed by atoms with Crippen LogP contribution in [0.25, 0.3) is 0 Å². The van der Waals surface area contributed by atoms with Gasteiger partial charge in [0.15, 0.2) is 17.2 Å². The molecule has 0 amide bonds. The summed E-state index contributed by atoms with van der Waals surface area (Å²) in [7, 11) is -16.8. The van der Waals surface area contributed by atoms with Gasteiger partial charge in [0.2, 0.25) is 30.1 Å². The van der Waals surface area contributed by atoms with Gasteiger partial charge in [0.25, 0.3) is 0 Å². The van der Waals surface area contributed by atoms with Crippen LogP contribution in [0.15, 0.2) is 174 Å². The predicted molar refractivity (Wildman–Crippen MR) is 339 cm³/mol. The van der Waals surface area contributed by atoms with Crippen LogP contribution >= 0.6 is 55.6 Å². The smallest absolute Gasteiger partial charge is 0.312 e. The van der Waals surface area contributed by atoms with E-state index in [4.69, 9.17) is 13.6 Å². The van der Waals surface area contributed by atoms with E-state index in [0.29, 0.717) is 34.1 Å². The standard InChI is InChI=1S/C60H72Br3N6O10PS3/c1-7-58(8-2,67(52-19-13-16-43(61)40-52)49-28-34-55(35-29-49)81(71,72)64-46-22-23-46)77-80(70,78-59(9-3,10-4)68(53-20-14-17-44(62)41-53)50-30-36-56(37-31-50)82(73,74)65-47-24-25-47)79-60(11-5,12-6)69(54-21-15-18-45(63)42-54)51-32-38-57(39-33-51)83(75,76)66-48-26-27-48/h13-21,28-42,46-48,64-66H,7-12,22-27H2,1-6H3. The summed E-state index contributed by atoms with van der Waals surface area (Å²) in [6.45, 7) is 11.5. The van der Waals surface area contributed by atoms with Crippen molar-refractivity contribution < 1.29 is 43.4 Å². The lowest BCUT2D eigenvalue weighted by Crippen LogP contribution is -2.53. The number of nitrogens with one attached hydrogen (secondary N) is 3. The number of sulfonamides is 3. The molecule has 3 aliphatic rings. The molecule has 6 aromatic carbocycles. The van der Waals surface area contributed by atoms with E-state index >= 15 is 4.57 Å². The van der Waals surface area contributed by atoms with E-state index in [2.05, 4.69) is 62.0 Å². The van der Waals surface area contributed by atoms with Crippen molar-refractivity contribution in [1.29, 1.82) is 0 Å². The molecule has 3 fully saturated rings. The second-order valence-electron chi connectivity index (χ2n) is 21.3. The Kier molecular flexibility index (Phi) is 19.7. The average Bonchev–Trinajstić information content (AvgIpc) is 3.19. The van der Waals surface area contributed by atoms with E-state index in [0.717, 1.165) is 51.9 Å². The number of nitrogens with zero attached hydrogens (tertiary/aromatic N) is 3. The van der Waals surface area contributed by atoms with E-state index in [1.807, 2.05) is 129 Å². The van der Waals surface area contributed by atoms with E-state index in [9.17, 15) is 25.3 Å². The third-order valence-corrected chi connectivity index (χ3v) is 23.3. The van der Waals surface area contributed by atoms with Gasteiger partial charge in [-0.2, -0.15) is 0 Å². The molecular weight excluding hydrogens is 1330 g/mol. The maximum atomic E-state index is 17.8. The number of hydrogen-bond donors (Lipinski definition) is 3. The lowest BCUT2D eigenvalue weighted by molar-refractivity contribution is -0.0698. The summed E-state index contributed by atoms with van der Waals surface area (Å²) < 4.78 is 133. The quantitative estimate of drug-likeness (QED) is 0.0285. The van der Waals surface area contributed by atoms with Crippen LogP contribution in [0.2, 0.25) is 0 Å². The molecule has 3 aliphatic carbocycles. The third kappa shape index (κ3) is 14.5. The number of benzene rings is 6. The van der Waals surface area contributed by atoms with Crippen molar-refractivity contribution in [2.75, 3.05) is 14.7 Å². The molecule has 0 heterocycles. The SMILES string of the molecule is CCC(CC)(OP(=O)(OC(CC)(CC)N(c1ccc(S(=O)(=O)NC2CC2)cc1)c1cccc(Br)c1)OC(CC)(CC)N(c1ccc(S(=O)(=O)NC2CC2)cc1)c1cccc(Br)c1)N(c1ccc(S(=O)(=O)NC2CC2)cc1)c1cccc(Br)c1. The highest BCUT2D eigenvalue weighted by Crippen LogP contribution is 2.64. The molecule has 16 nitrogen and oxygen atoms in total. The van der Waals surface area contributed by atoms with Crippen molar-refractivity contribution in [1.82, 2.24) is 14.2 Å². The minimum Gasteiger partial charge on any atom is -0.312 e. The van der Waals surface area contributed by atoms with Gasteiger partial charge in [0.1, 0.15) is 0 Å². The van der Waals surface area contributed by atoms with Crippen LogP contribution in [0, 0.1) is 0 Å². The van der Waals surface area contributed by atoms with Gasteiger partial charge in [-0.3, -0.25) is 13.6 Å². The van der Waals surface area contributed by atoms with Crippen molar-refractivity contribution in [2.45, 2.75) is 169 Å². The van der Waals surface area contributed by atoms with E-state index in [1.165, 1.54) is 0 Å². The summed E-state index contributed by atoms with van der Waals surface area (Å²) in [6, 6.07) is 41.9. The Balaban J connectivity index is 1.25. The lowest BCUT2D eigenvalue weighted by atomic mass is 10.0. The van der Waals surface area contributed by atoms with Crippen LogP contribution < -0.4 is 28.9 Å². The highest BCUT2D eigenvalue weighted by atomic mass is 79.9. The fraction of sp³-hybridized carbons (Fsp3) is 0.400. The van der Waals surface area contributed by atoms with Crippen LogP contribution in [-0.2, 0) is 48.2 Å².